The van der Waals surface area contributed by atoms with Crippen LogP contribution in [0, 0.1) is 5.82 Å². The summed E-state index contributed by atoms with van der Waals surface area (Å²) in [6, 6.07) is 12.1. The Morgan fingerprint density at radius 1 is 1.12 bits per heavy atom. The minimum atomic E-state index is -0.601. The first-order valence-corrected chi connectivity index (χ1v) is 5.92. The Hall–Kier alpha value is -1.55. The fraction of sp³-hybridized carbons (Fsp3) is 0.0769. The van der Waals surface area contributed by atoms with Crippen molar-refractivity contribution in [2.75, 3.05) is 5.32 Å². The number of benzene rings is 2. The second-order valence-electron chi connectivity index (χ2n) is 3.58. The molecule has 2 rings (SSSR count). The molecule has 0 bridgehead atoms. The van der Waals surface area contributed by atoms with E-state index in [1.165, 1.54) is 6.07 Å². The van der Waals surface area contributed by atoms with Gasteiger partial charge < -0.3 is 10.4 Å². The minimum absolute atomic E-state index is 0.299. The van der Waals surface area contributed by atoms with Gasteiger partial charge in [-0.3, -0.25) is 0 Å². The van der Waals surface area contributed by atoms with E-state index in [0.717, 1.165) is 10.2 Å². The minimum Gasteiger partial charge on any atom is -0.505 e. The van der Waals surface area contributed by atoms with Crippen molar-refractivity contribution in [1.82, 2.24) is 0 Å². The van der Waals surface area contributed by atoms with E-state index in [9.17, 15) is 9.50 Å². The molecule has 17 heavy (non-hydrogen) atoms. The molecule has 0 spiro atoms. The smallest absolute Gasteiger partial charge is 0.165 e. The third-order valence-corrected chi connectivity index (χ3v) is 3.10. The lowest BCUT2D eigenvalue weighted by Crippen LogP contribution is -2.00. The zero-order chi connectivity index (χ0) is 12.3. The lowest BCUT2D eigenvalue weighted by atomic mass is 10.2. The van der Waals surface area contributed by atoms with Gasteiger partial charge in [0.1, 0.15) is 0 Å². The van der Waals surface area contributed by atoms with Gasteiger partial charge in [-0.1, -0.05) is 24.3 Å². The molecule has 0 amide bonds. The molecule has 0 radical (unpaired) electrons. The van der Waals surface area contributed by atoms with E-state index >= 15 is 0 Å². The maximum Gasteiger partial charge on any atom is 0.165 e. The highest BCUT2D eigenvalue weighted by molar-refractivity contribution is 9.10. The van der Waals surface area contributed by atoms with Crippen molar-refractivity contribution in [3.63, 3.8) is 0 Å². The normalized spacial score (nSPS) is 10.2. The number of hydrogen-bond donors (Lipinski definition) is 2. The monoisotopic (exact) mass is 295 g/mol. The summed E-state index contributed by atoms with van der Waals surface area (Å²) in [4.78, 5) is 0. The van der Waals surface area contributed by atoms with E-state index in [4.69, 9.17) is 0 Å². The topological polar surface area (TPSA) is 32.3 Å². The highest BCUT2D eigenvalue weighted by Crippen LogP contribution is 2.25. The molecule has 0 saturated carbocycles. The van der Waals surface area contributed by atoms with Gasteiger partial charge in [0.05, 0.1) is 0 Å². The summed E-state index contributed by atoms with van der Waals surface area (Å²) in [6.45, 7) is 0.367. The molecule has 0 atom stereocenters. The maximum atomic E-state index is 13.1. The lowest BCUT2D eigenvalue weighted by Gasteiger charge is -2.09. The molecule has 88 valence electrons. The van der Waals surface area contributed by atoms with E-state index in [2.05, 4.69) is 21.2 Å². The average Bonchev–Trinajstić information content (AvgIpc) is 2.33. The van der Waals surface area contributed by atoms with Gasteiger partial charge >= 0.3 is 0 Å². The molecule has 0 aliphatic heterocycles. The molecule has 0 unspecified atom stereocenters. The van der Waals surface area contributed by atoms with Crippen LogP contribution in [-0.4, -0.2) is 5.11 Å². The number of para-hydroxylation sites is 2. The summed E-state index contributed by atoms with van der Waals surface area (Å²) in [5.74, 6) is -0.900. The van der Waals surface area contributed by atoms with Crippen LogP contribution >= 0.6 is 15.9 Å². The Labute approximate surface area is 107 Å². The number of anilines is 1. The van der Waals surface area contributed by atoms with E-state index < -0.39 is 5.82 Å². The van der Waals surface area contributed by atoms with Crippen molar-refractivity contribution >= 4 is 21.6 Å². The molecule has 0 aromatic heterocycles. The van der Waals surface area contributed by atoms with Gasteiger partial charge in [0.2, 0.25) is 0 Å². The van der Waals surface area contributed by atoms with Crippen LogP contribution in [0.5, 0.6) is 5.75 Å². The van der Waals surface area contributed by atoms with Crippen LogP contribution in [0.1, 0.15) is 5.56 Å². The Morgan fingerprint density at radius 2 is 1.88 bits per heavy atom. The fourth-order valence-corrected chi connectivity index (χ4v) is 1.92. The van der Waals surface area contributed by atoms with Crippen LogP contribution in [0.4, 0.5) is 10.1 Å². The van der Waals surface area contributed by atoms with Gasteiger partial charge in [0, 0.05) is 22.3 Å². The van der Waals surface area contributed by atoms with Crippen molar-refractivity contribution in [2.45, 2.75) is 6.54 Å². The number of aromatic hydroxyl groups is 1. The van der Waals surface area contributed by atoms with Gasteiger partial charge in [0.25, 0.3) is 0 Å². The second kappa shape index (κ2) is 5.19. The Balaban J connectivity index is 2.13. The molecule has 4 heteroatoms. The summed E-state index contributed by atoms with van der Waals surface area (Å²) in [6.07, 6.45) is 0. The highest BCUT2D eigenvalue weighted by atomic mass is 79.9. The van der Waals surface area contributed by atoms with Gasteiger partial charge in [-0.15, -0.1) is 0 Å². The Kier molecular flexibility index (Phi) is 3.64. The molecular formula is C13H11BrFNO. The number of nitrogens with one attached hydrogen (secondary N) is 1. The van der Waals surface area contributed by atoms with E-state index in [-0.39, 0.29) is 5.75 Å². The molecule has 2 aromatic carbocycles. The molecule has 0 aliphatic rings. The molecule has 2 N–H and O–H groups in total. The van der Waals surface area contributed by atoms with E-state index in [1.807, 2.05) is 24.3 Å². The number of halogens is 2. The van der Waals surface area contributed by atoms with Crippen molar-refractivity contribution in [3.8, 4) is 5.75 Å². The predicted molar refractivity (Wildman–Crippen MR) is 69.5 cm³/mol. The Bertz CT molecular complexity index is 531. The molecule has 0 fully saturated rings. The highest BCUT2D eigenvalue weighted by Gasteiger charge is 2.06. The third kappa shape index (κ3) is 2.77. The Morgan fingerprint density at radius 3 is 2.65 bits per heavy atom. The molecule has 0 aliphatic carbocycles. The first kappa shape index (κ1) is 11.9. The van der Waals surface area contributed by atoms with Crippen molar-refractivity contribution < 1.29 is 9.50 Å². The second-order valence-corrected chi connectivity index (χ2v) is 4.44. The first-order chi connectivity index (χ1) is 8.18. The maximum absolute atomic E-state index is 13.1. The molecule has 0 saturated heterocycles. The van der Waals surface area contributed by atoms with Gasteiger partial charge in [-0.25, -0.2) is 4.39 Å². The van der Waals surface area contributed by atoms with E-state index in [0.29, 0.717) is 12.1 Å². The molecule has 2 nitrogen and oxygen atoms in total. The summed E-state index contributed by atoms with van der Waals surface area (Å²) >= 11 is 3.40. The number of phenolic OH excluding ortho intramolecular Hbond substituents is 1. The summed E-state index contributed by atoms with van der Waals surface area (Å²) in [5.41, 5.74) is 1.43. The van der Waals surface area contributed by atoms with Gasteiger partial charge in [0.15, 0.2) is 11.6 Å². The van der Waals surface area contributed by atoms with Crippen LogP contribution in [0.15, 0.2) is 46.9 Å². The van der Waals surface area contributed by atoms with Crippen molar-refractivity contribution in [3.05, 3.63) is 58.3 Å². The van der Waals surface area contributed by atoms with Crippen LogP contribution in [0.3, 0.4) is 0 Å². The lowest BCUT2D eigenvalue weighted by molar-refractivity contribution is 0.427. The van der Waals surface area contributed by atoms with E-state index in [1.54, 1.807) is 12.1 Å². The third-order valence-electron chi connectivity index (χ3n) is 2.41. The van der Waals surface area contributed by atoms with Crippen LogP contribution in [0.25, 0.3) is 0 Å². The number of hydrogen-bond acceptors (Lipinski definition) is 2. The van der Waals surface area contributed by atoms with Crippen molar-refractivity contribution in [1.29, 1.82) is 0 Å². The average molecular weight is 296 g/mol. The van der Waals surface area contributed by atoms with Crippen molar-refractivity contribution in [2.24, 2.45) is 0 Å². The molecule has 0 heterocycles. The summed E-state index contributed by atoms with van der Waals surface area (Å²) in [5, 5.41) is 12.6. The standard InChI is InChI=1S/C13H11BrFNO/c14-10-5-1-2-7-12(10)16-8-9-4-3-6-11(15)13(9)17/h1-7,16-17H,8H2. The zero-order valence-corrected chi connectivity index (χ0v) is 10.5. The summed E-state index contributed by atoms with van der Waals surface area (Å²) in [7, 11) is 0. The van der Waals surface area contributed by atoms with Crippen LogP contribution < -0.4 is 5.32 Å². The fourth-order valence-electron chi connectivity index (χ4n) is 1.50. The molecular weight excluding hydrogens is 285 g/mol. The first-order valence-electron chi connectivity index (χ1n) is 5.13. The van der Waals surface area contributed by atoms with Crippen LogP contribution in [0.2, 0.25) is 0 Å². The predicted octanol–water partition coefficient (Wildman–Crippen LogP) is 3.91. The number of rotatable bonds is 3. The quantitative estimate of drug-likeness (QED) is 0.900. The zero-order valence-electron chi connectivity index (χ0n) is 8.95. The largest absolute Gasteiger partial charge is 0.505 e. The summed E-state index contributed by atoms with van der Waals surface area (Å²) < 4.78 is 14.0. The van der Waals surface area contributed by atoms with Gasteiger partial charge in [-0.05, 0) is 34.1 Å². The molecule has 2 aromatic rings. The van der Waals surface area contributed by atoms with Crippen LogP contribution in [-0.2, 0) is 6.54 Å². The number of phenols is 1. The van der Waals surface area contributed by atoms with Gasteiger partial charge in [-0.2, -0.15) is 0 Å². The SMILES string of the molecule is Oc1c(F)cccc1CNc1ccccc1Br.